The number of rotatable bonds is 2. The second-order valence-electron chi connectivity index (χ2n) is 3.89. The molecule has 1 aliphatic rings. The summed E-state index contributed by atoms with van der Waals surface area (Å²) in [6.45, 7) is 2.10. The summed E-state index contributed by atoms with van der Waals surface area (Å²) >= 11 is 0. The highest BCUT2D eigenvalue weighted by Gasteiger charge is 2.21. The molecule has 3 heteroatoms. The molecule has 1 heterocycles. The van der Waals surface area contributed by atoms with Crippen molar-refractivity contribution in [2.45, 2.75) is 45.1 Å². The molecule has 0 spiro atoms. The zero-order valence-electron chi connectivity index (χ0n) is 8.57. The predicted molar refractivity (Wildman–Crippen MR) is 54.1 cm³/mol. The Morgan fingerprint density at radius 2 is 2.50 bits per heavy atom. The van der Waals surface area contributed by atoms with Gasteiger partial charge in [0.2, 0.25) is 0 Å². The van der Waals surface area contributed by atoms with E-state index in [1.807, 2.05) is 12.4 Å². The van der Waals surface area contributed by atoms with E-state index in [0.717, 1.165) is 31.5 Å². The van der Waals surface area contributed by atoms with E-state index in [0.29, 0.717) is 18.2 Å². The van der Waals surface area contributed by atoms with Gasteiger partial charge < -0.3 is 4.57 Å². The van der Waals surface area contributed by atoms with E-state index in [1.54, 1.807) is 0 Å². The normalized spacial score (nSPS) is 22.6. The third-order valence-electron chi connectivity index (χ3n) is 2.91. The van der Waals surface area contributed by atoms with Gasteiger partial charge in [0.1, 0.15) is 11.6 Å². The van der Waals surface area contributed by atoms with Crippen LogP contribution >= 0.6 is 0 Å². The van der Waals surface area contributed by atoms with Crippen molar-refractivity contribution in [2.24, 2.45) is 0 Å². The molecule has 1 atom stereocenters. The highest BCUT2D eigenvalue weighted by atomic mass is 16.1. The van der Waals surface area contributed by atoms with Crippen molar-refractivity contribution in [1.82, 2.24) is 9.55 Å². The predicted octanol–water partition coefficient (Wildman–Crippen LogP) is 2.13. The van der Waals surface area contributed by atoms with Gasteiger partial charge in [-0.15, -0.1) is 0 Å². The van der Waals surface area contributed by atoms with Crippen molar-refractivity contribution in [2.75, 3.05) is 0 Å². The molecule has 1 aromatic rings. The van der Waals surface area contributed by atoms with E-state index in [4.69, 9.17) is 0 Å². The van der Waals surface area contributed by atoms with Crippen LogP contribution in [-0.2, 0) is 11.2 Å². The number of aromatic nitrogens is 2. The first-order chi connectivity index (χ1) is 6.81. The van der Waals surface area contributed by atoms with Crippen molar-refractivity contribution in [3.63, 3.8) is 0 Å². The van der Waals surface area contributed by atoms with Crippen molar-refractivity contribution in [3.8, 4) is 0 Å². The van der Waals surface area contributed by atoms with E-state index < -0.39 is 0 Å². The number of hydrogen-bond donors (Lipinski definition) is 0. The lowest BCUT2D eigenvalue weighted by Gasteiger charge is -2.23. The van der Waals surface area contributed by atoms with Gasteiger partial charge in [-0.05, 0) is 12.8 Å². The molecule has 0 amide bonds. The van der Waals surface area contributed by atoms with Gasteiger partial charge in [-0.1, -0.05) is 6.92 Å². The Morgan fingerprint density at radius 3 is 3.21 bits per heavy atom. The molecular formula is C11H16N2O. The maximum Gasteiger partial charge on any atom is 0.134 e. The molecule has 2 rings (SSSR count). The fourth-order valence-electron chi connectivity index (χ4n) is 2.19. The number of ketones is 1. The molecule has 76 valence electrons. The Labute approximate surface area is 84.1 Å². The monoisotopic (exact) mass is 192 g/mol. The molecule has 0 bridgehead atoms. The quantitative estimate of drug-likeness (QED) is 0.719. The van der Waals surface area contributed by atoms with Gasteiger partial charge in [-0.2, -0.15) is 0 Å². The van der Waals surface area contributed by atoms with E-state index >= 15 is 0 Å². The minimum absolute atomic E-state index is 0.369. The van der Waals surface area contributed by atoms with Gasteiger partial charge in [0.05, 0.1) is 0 Å². The lowest BCUT2D eigenvalue weighted by molar-refractivity contribution is -0.121. The number of nitrogens with zero attached hydrogens (tertiary/aromatic N) is 2. The lowest BCUT2D eigenvalue weighted by Crippen LogP contribution is -2.19. The molecule has 1 fully saturated rings. The van der Waals surface area contributed by atoms with Crippen LogP contribution in [0.25, 0.3) is 0 Å². The van der Waals surface area contributed by atoms with E-state index in [9.17, 15) is 4.79 Å². The highest BCUT2D eigenvalue weighted by molar-refractivity contribution is 5.79. The Bertz CT molecular complexity index is 330. The number of carbonyl (C=O) groups excluding carboxylic acids is 1. The van der Waals surface area contributed by atoms with Crippen LogP contribution in [0, 0.1) is 0 Å². The zero-order chi connectivity index (χ0) is 9.97. The van der Waals surface area contributed by atoms with Crippen molar-refractivity contribution >= 4 is 5.78 Å². The smallest absolute Gasteiger partial charge is 0.134 e. The van der Waals surface area contributed by atoms with Crippen LogP contribution < -0.4 is 0 Å². The SMILES string of the molecule is CCc1nccn1C1CCCC(=O)C1. The maximum absolute atomic E-state index is 11.3. The molecule has 3 nitrogen and oxygen atoms in total. The van der Waals surface area contributed by atoms with Crippen LogP contribution in [0.15, 0.2) is 12.4 Å². The zero-order valence-corrected chi connectivity index (χ0v) is 8.57. The average Bonchev–Trinajstić information content (AvgIpc) is 2.65. The molecule has 0 aromatic carbocycles. The minimum Gasteiger partial charge on any atom is -0.331 e. The molecule has 1 unspecified atom stereocenters. The summed E-state index contributed by atoms with van der Waals surface area (Å²) in [5.74, 6) is 1.50. The lowest BCUT2D eigenvalue weighted by atomic mass is 9.94. The Kier molecular flexibility index (Phi) is 2.66. The van der Waals surface area contributed by atoms with Crippen molar-refractivity contribution in [3.05, 3.63) is 18.2 Å². The fraction of sp³-hybridized carbons (Fsp3) is 0.636. The molecule has 0 N–H and O–H groups in total. The van der Waals surface area contributed by atoms with Crippen LogP contribution in [-0.4, -0.2) is 15.3 Å². The topological polar surface area (TPSA) is 34.9 Å². The van der Waals surface area contributed by atoms with E-state index in [2.05, 4.69) is 16.5 Å². The first kappa shape index (κ1) is 9.44. The molecule has 0 radical (unpaired) electrons. The Balaban J connectivity index is 2.17. The number of aryl methyl sites for hydroxylation is 1. The Morgan fingerprint density at radius 1 is 1.64 bits per heavy atom. The third-order valence-corrected chi connectivity index (χ3v) is 2.91. The van der Waals surface area contributed by atoms with Crippen LogP contribution in [0.1, 0.15) is 44.5 Å². The molecule has 14 heavy (non-hydrogen) atoms. The fourth-order valence-corrected chi connectivity index (χ4v) is 2.19. The van der Waals surface area contributed by atoms with Gasteiger partial charge >= 0.3 is 0 Å². The van der Waals surface area contributed by atoms with Gasteiger partial charge in [-0.3, -0.25) is 4.79 Å². The molecular weight excluding hydrogens is 176 g/mol. The Hall–Kier alpha value is -1.12. The standard InChI is InChI=1S/C11H16N2O/c1-2-11-12-6-7-13(11)9-4-3-5-10(14)8-9/h6-7,9H,2-5,8H2,1H3. The van der Waals surface area contributed by atoms with Gasteiger partial charge in [0.25, 0.3) is 0 Å². The number of Topliss-reactive ketones (excluding diaryl/α,β-unsaturated/α-hetero) is 1. The van der Waals surface area contributed by atoms with Crippen LogP contribution in [0.2, 0.25) is 0 Å². The summed E-state index contributed by atoms with van der Waals surface area (Å²) in [6, 6.07) is 0.369. The summed E-state index contributed by atoms with van der Waals surface area (Å²) in [6.07, 6.45) is 8.40. The molecule has 1 aliphatic carbocycles. The second-order valence-corrected chi connectivity index (χ2v) is 3.89. The number of carbonyl (C=O) groups is 1. The van der Waals surface area contributed by atoms with Crippen LogP contribution in [0.5, 0.6) is 0 Å². The second kappa shape index (κ2) is 3.95. The first-order valence-corrected chi connectivity index (χ1v) is 5.34. The van der Waals surface area contributed by atoms with Gasteiger partial charge in [0, 0.05) is 37.7 Å². The molecule has 0 saturated heterocycles. The van der Waals surface area contributed by atoms with E-state index in [1.165, 1.54) is 0 Å². The third kappa shape index (κ3) is 1.72. The molecule has 1 saturated carbocycles. The molecule has 0 aliphatic heterocycles. The summed E-state index contributed by atoms with van der Waals surface area (Å²) in [5, 5.41) is 0. The molecule has 1 aromatic heterocycles. The minimum atomic E-state index is 0.369. The van der Waals surface area contributed by atoms with Crippen LogP contribution in [0.4, 0.5) is 0 Å². The average molecular weight is 192 g/mol. The summed E-state index contributed by atoms with van der Waals surface area (Å²) in [7, 11) is 0. The summed E-state index contributed by atoms with van der Waals surface area (Å²) < 4.78 is 2.18. The summed E-state index contributed by atoms with van der Waals surface area (Å²) in [4.78, 5) is 15.6. The summed E-state index contributed by atoms with van der Waals surface area (Å²) in [5.41, 5.74) is 0. The first-order valence-electron chi connectivity index (χ1n) is 5.34. The van der Waals surface area contributed by atoms with Crippen molar-refractivity contribution in [1.29, 1.82) is 0 Å². The maximum atomic E-state index is 11.3. The largest absolute Gasteiger partial charge is 0.331 e. The van der Waals surface area contributed by atoms with Crippen LogP contribution in [0.3, 0.4) is 0 Å². The van der Waals surface area contributed by atoms with Gasteiger partial charge in [-0.25, -0.2) is 4.98 Å². The number of hydrogen-bond acceptors (Lipinski definition) is 2. The van der Waals surface area contributed by atoms with E-state index in [-0.39, 0.29) is 0 Å². The van der Waals surface area contributed by atoms with Gasteiger partial charge in [0.15, 0.2) is 0 Å². The number of imidazole rings is 1. The van der Waals surface area contributed by atoms with Crippen molar-refractivity contribution < 1.29 is 4.79 Å². The highest BCUT2D eigenvalue weighted by Crippen LogP contribution is 2.26.